The highest BCUT2D eigenvalue weighted by molar-refractivity contribution is 7.91. The number of carbonyl (C=O) groups excluding carboxylic acids is 1. The fourth-order valence-electron chi connectivity index (χ4n) is 2.22. The molecule has 1 amide bonds. The van der Waals surface area contributed by atoms with Gasteiger partial charge in [-0.1, -0.05) is 26.8 Å². The second-order valence-corrected chi connectivity index (χ2v) is 9.79. The van der Waals surface area contributed by atoms with Gasteiger partial charge in [0.25, 0.3) is 0 Å². The van der Waals surface area contributed by atoms with Gasteiger partial charge in [0.05, 0.1) is 12.0 Å². The molecule has 1 aromatic carbocycles. The molecular formula is C18H23NO4S2. The molecule has 1 atom stereocenters. The molecule has 1 heterocycles. The van der Waals surface area contributed by atoms with Crippen LogP contribution in [0.25, 0.3) is 0 Å². The predicted molar refractivity (Wildman–Crippen MR) is 99.7 cm³/mol. The minimum absolute atomic E-state index is 0.0327. The van der Waals surface area contributed by atoms with Crippen LogP contribution in [0.15, 0.2) is 46.7 Å². The number of amides is 1. The molecule has 5 nitrogen and oxygen atoms in total. The van der Waals surface area contributed by atoms with Crippen molar-refractivity contribution in [1.82, 2.24) is 5.32 Å². The van der Waals surface area contributed by atoms with Gasteiger partial charge in [0.1, 0.15) is 11.0 Å². The average Bonchev–Trinajstić information content (AvgIpc) is 3.08. The molecule has 1 N–H and O–H groups in total. The van der Waals surface area contributed by atoms with Gasteiger partial charge in [-0.2, -0.15) is 0 Å². The number of nitrogens with one attached hydrogen (secondary N) is 1. The van der Waals surface area contributed by atoms with Crippen LogP contribution in [0.5, 0.6) is 5.75 Å². The number of thiophene rings is 1. The Hall–Kier alpha value is -1.86. The number of methoxy groups -OCH3 is 1. The van der Waals surface area contributed by atoms with E-state index in [1.54, 1.807) is 39.0 Å². The highest BCUT2D eigenvalue weighted by Crippen LogP contribution is 2.32. The van der Waals surface area contributed by atoms with Crippen molar-refractivity contribution in [3.8, 4) is 5.75 Å². The zero-order chi connectivity index (χ0) is 18.7. The third-order valence-corrected chi connectivity index (χ3v) is 6.99. The maximum atomic E-state index is 13.1. The molecule has 0 aliphatic rings. The molecule has 0 spiro atoms. The molecular weight excluding hydrogens is 358 g/mol. The normalized spacial score (nSPS) is 13.3. The Bertz CT molecular complexity index is 804. The Kier molecular flexibility index (Phi) is 5.90. The van der Waals surface area contributed by atoms with Crippen molar-refractivity contribution in [1.29, 1.82) is 0 Å². The fraction of sp³-hybridized carbons (Fsp3) is 0.389. The number of hydrogen-bond acceptors (Lipinski definition) is 5. The van der Waals surface area contributed by atoms with E-state index < -0.39 is 20.5 Å². The van der Waals surface area contributed by atoms with E-state index in [1.807, 2.05) is 11.4 Å². The van der Waals surface area contributed by atoms with Crippen molar-refractivity contribution in [2.75, 3.05) is 13.7 Å². The molecule has 0 saturated carbocycles. The Morgan fingerprint density at radius 2 is 1.84 bits per heavy atom. The third kappa shape index (κ3) is 4.61. The van der Waals surface area contributed by atoms with Crippen LogP contribution in [0.2, 0.25) is 0 Å². The number of sulfone groups is 1. The second kappa shape index (κ2) is 7.58. The van der Waals surface area contributed by atoms with E-state index in [2.05, 4.69) is 5.32 Å². The van der Waals surface area contributed by atoms with Gasteiger partial charge >= 0.3 is 0 Å². The zero-order valence-corrected chi connectivity index (χ0v) is 16.4. The molecule has 0 aliphatic carbocycles. The number of hydrogen-bond donors (Lipinski definition) is 1. The van der Waals surface area contributed by atoms with Gasteiger partial charge in [-0.05, 0) is 35.7 Å². The molecule has 0 radical (unpaired) electrons. The summed E-state index contributed by atoms with van der Waals surface area (Å²) in [5.74, 6) is 0.409. The molecule has 1 aromatic heterocycles. The molecule has 0 aliphatic heterocycles. The maximum absolute atomic E-state index is 13.1. The molecule has 2 rings (SSSR count). The van der Waals surface area contributed by atoms with Crippen LogP contribution in [0.1, 0.15) is 30.9 Å². The standard InChI is InChI=1S/C18H23NO4S2/c1-18(2,3)17(20)19-12-16(15-6-5-11-24-15)25(21,22)14-9-7-13(23-4)8-10-14/h5-11,16H,12H2,1-4H3,(H,19,20)/t16-/m0/s1. The molecule has 0 saturated heterocycles. The number of benzene rings is 1. The number of carbonyl (C=O) groups is 1. The summed E-state index contributed by atoms with van der Waals surface area (Å²) in [4.78, 5) is 13.1. The first-order valence-electron chi connectivity index (χ1n) is 7.86. The van der Waals surface area contributed by atoms with E-state index in [0.29, 0.717) is 10.6 Å². The lowest BCUT2D eigenvalue weighted by atomic mass is 9.96. The minimum atomic E-state index is -3.65. The van der Waals surface area contributed by atoms with Crippen molar-refractivity contribution < 1.29 is 17.9 Å². The lowest BCUT2D eigenvalue weighted by molar-refractivity contribution is -0.128. The van der Waals surface area contributed by atoms with Crippen LogP contribution in [0, 0.1) is 5.41 Å². The summed E-state index contributed by atoms with van der Waals surface area (Å²) in [5, 5.41) is 3.78. The molecule has 0 fully saturated rings. The van der Waals surface area contributed by atoms with Crippen LogP contribution in [-0.4, -0.2) is 28.0 Å². The molecule has 2 aromatic rings. The van der Waals surface area contributed by atoms with Crippen molar-refractivity contribution in [2.24, 2.45) is 5.41 Å². The molecule has 0 bridgehead atoms. The highest BCUT2D eigenvalue weighted by atomic mass is 32.2. The lowest BCUT2D eigenvalue weighted by Crippen LogP contribution is -2.38. The molecule has 0 unspecified atom stereocenters. The van der Waals surface area contributed by atoms with E-state index in [0.717, 1.165) is 0 Å². The summed E-state index contributed by atoms with van der Waals surface area (Å²) in [6, 6.07) is 9.88. The quantitative estimate of drug-likeness (QED) is 0.832. The van der Waals surface area contributed by atoms with Crippen molar-refractivity contribution in [3.63, 3.8) is 0 Å². The van der Waals surface area contributed by atoms with E-state index in [9.17, 15) is 13.2 Å². The third-order valence-electron chi connectivity index (χ3n) is 3.75. The van der Waals surface area contributed by atoms with Gasteiger partial charge in [-0.15, -0.1) is 11.3 Å². The van der Waals surface area contributed by atoms with E-state index in [1.165, 1.54) is 30.6 Å². The number of ether oxygens (including phenoxy) is 1. The zero-order valence-electron chi connectivity index (χ0n) is 14.8. The summed E-state index contributed by atoms with van der Waals surface area (Å²) in [5.41, 5.74) is -0.579. The summed E-state index contributed by atoms with van der Waals surface area (Å²) in [7, 11) is -2.12. The second-order valence-electron chi connectivity index (χ2n) is 6.68. The summed E-state index contributed by atoms with van der Waals surface area (Å²) < 4.78 is 31.3. The monoisotopic (exact) mass is 381 g/mol. The highest BCUT2D eigenvalue weighted by Gasteiger charge is 2.32. The largest absolute Gasteiger partial charge is 0.497 e. The first kappa shape index (κ1) is 19.5. The van der Waals surface area contributed by atoms with Crippen molar-refractivity contribution in [2.45, 2.75) is 30.9 Å². The van der Waals surface area contributed by atoms with Gasteiger partial charge in [0, 0.05) is 16.8 Å². The Morgan fingerprint density at radius 1 is 1.20 bits per heavy atom. The molecule has 7 heteroatoms. The Morgan fingerprint density at radius 3 is 2.32 bits per heavy atom. The van der Waals surface area contributed by atoms with Gasteiger partial charge in [0.2, 0.25) is 5.91 Å². The van der Waals surface area contributed by atoms with Crippen LogP contribution in [0.3, 0.4) is 0 Å². The summed E-state index contributed by atoms with van der Waals surface area (Å²) in [6.07, 6.45) is 0. The van der Waals surface area contributed by atoms with Crippen molar-refractivity contribution >= 4 is 27.1 Å². The molecule has 136 valence electrons. The SMILES string of the molecule is COc1ccc(S(=O)(=O)[C@@H](CNC(=O)C(C)(C)C)c2cccs2)cc1. The number of rotatable bonds is 6. The van der Waals surface area contributed by atoms with Crippen LogP contribution < -0.4 is 10.1 Å². The van der Waals surface area contributed by atoms with E-state index in [4.69, 9.17) is 4.74 Å². The Labute approximate surface area is 152 Å². The summed E-state index contributed by atoms with van der Waals surface area (Å²) in [6.45, 7) is 5.41. The predicted octanol–water partition coefficient (Wildman–Crippen LogP) is 3.43. The molecule has 25 heavy (non-hydrogen) atoms. The van der Waals surface area contributed by atoms with Crippen LogP contribution >= 0.6 is 11.3 Å². The van der Waals surface area contributed by atoms with Gasteiger partial charge in [0.15, 0.2) is 9.84 Å². The topological polar surface area (TPSA) is 72.5 Å². The minimum Gasteiger partial charge on any atom is -0.497 e. The average molecular weight is 382 g/mol. The Balaban J connectivity index is 2.32. The summed E-state index contributed by atoms with van der Waals surface area (Å²) >= 11 is 1.36. The van der Waals surface area contributed by atoms with Gasteiger partial charge < -0.3 is 10.1 Å². The van der Waals surface area contributed by atoms with Crippen LogP contribution in [0.4, 0.5) is 0 Å². The smallest absolute Gasteiger partial charge is 0.225 e. The van der Waals surface area contributed by atoms with Gasteiger partial charge in [-0.3, -0.25) is 4.79 Å². The maximum Gasteiger partial charge on any atom is 0.225 e. The first-order valence-corrected chi connectivity index (χ1v) is 10.3. The van der Waals surface area contributed by atoms with Gasteiger partial charge in [-0.25, -0.2) is 8.42 Å². The van der Waals surface area contributed by atoms with Crippen LogP contribution in [-0.2, 0) is 14.6 Å². The van der Waals surface area contributed by atoms with E-state index >= 15 is 0 Å². The van der Waals surface area contributed by atoms with Crippen molar-refractivity contribution in [3.05, 3.63) is 46.7 Å². The van der Waals surface area contributed by atoms with E-state index in [-0.39, 0.29) is 17.3 Å². The first-order chi connectivity index (χ1) is 11.7. The lowest BCUT2D eigenvalue weighted by Gasteiger charge is -2.22. The fourth-order valence-corrected chi connectivity index (χ4v) is 5.00.